The van der Waals surface area contributed by atoms with Gasteiger partial charge in [0.05, 0.1) is 6.54 Å². The Morgan fingerprint density at radius 3 is 2.88 bits per heavy atom. The van der Waals surface area contributed by atoms with Crippen molar-refractivity contribution in [3.8, 4) is 0 Å². The number of hydrogen-bond donors (Lipinski definition) is 0. The molecule has 16 heavy (non-hydrogen) atoms. The minimum absolute atomic E-state index is 0.156. The first kappa shape index (κ1) is 11.5. The summed E-state index contributed by atoms with van der Waals surface area (Å²) in [6.45, 7) is 3.21. The molecule has 0 spiro atoms. The molecule has 0 unspecified atom stereocenters. The number of thioether (sulfide) groups is 1. The van der Waals surface area contributed by atoms with E-state index in [0.717, 1.165) is 24.4 Å². The molecule has 1 aromatic heterocycles. The van der Waals surface area contributed by atoms with E-state index < -0.39 is 0 Å². The van der Waals surface area contributed by atoms with Gasteiger partial charge in [-0.05, 0) is 19.1 Å². The summed E-state index contributed by atoms with van der Waals surface area (Å²) in [4.78, 5) is 13.4. The highest BCUT2D eigenvalue weighted by atomic mass is 32.2. The highest BCUT2D eigenvalue weighted by molar-refractivity contribution is 7.98. The molecule has 0 fully saturated rings. The normalized spacial score (nSPS) is 15.8. The minimum atomic E-state index is 0.156. The fourth-order valence-corrected chi connectivity index (χ4v) is 2.82. The highest BCUT2D eigenvalue weighted by Gasteiger charge is 2.22. The topological polar surface area (TPSA) is 38.1 Å². The van der Waals surface area contributed by atoms with Gasteiger partial charge in [-0.1, -0.05) is 0 Å². The summed E-state index contributed by atoms with van der Waals surface area (Å²) in [6, 6.07) is 0. The van der Waals surface area contributed by atoms with Crippen LogP contribution in [0.25, 0.3) is 0 Å². The van der Waals surface area contributed by atoms with Crippen molar-refractivity contribution >= 4 is 17.7 Å². The van der Waals surface area contributed by atoms with Crippen LogP contribution >= 0.6 is 11.8 Å². The van der Waals surface area contributed by atoms with Crippen molar-refractivity contribution in [1.29, 1.82) is 0 Å². The molecule has 88 valence electrons. The lowest BCUT2D eigenvalue weighted by atomic mass is 10.2. The van der Waals surface area contributed by atoms with E-state index in [0.29, 0.717) is 6.54 Å². The van der Waals surface area contributed by atoms with Crippen LogP contribution in [0.1, 0.15) is 24.6 Å². The SMILES string of the molecule is CSc1nn(C)c2c1CN(C(C)=O)CCC2. The number of fused-ring (bicyclic) bond motifs is 1. The van der Waals surface area contributed by atoms with E-state index in [1.807, 2.05) is 22.9 Å². The van der Waals surface area contributed by atoms with Gasteiger partial charge in [-0.3, -0.25) is 9.48 Å². The molecule has 0 aromatic carbocycles. The molecule has 0 bridgehead atoms. The van der Waals surface area contributed by atoms with Crippen molar-refractivity contribution < 1.29 is 4.79 Å². The molecule has 0 radical (unpaired) electrons. The summed E-state index contributed by atoms with van der Waals surface area (Å²) in [6.07, 6.45) is 4.08. The van der Waals surface area contributed by atoms with Gasteiger partial charge in [0.1, 0.15) is 5.03 Å². The zero-order valence-corrected chi connectivity index (χ0v) is 10.8. The average molecular weight is 239 g/mol. The molecular weight excluding hydrogens is 222 g/mol. The lowest BCUT2D eigenvalue weighted by molar-refractivity contribution is -0.129. The van der Waals surface area contributed by atoms with Crippen LogP contribution in [0.15, 0.2) is 5.03 Å². The number of carbonyl (C=O) groups is 1. The largest absolute Gasteiger partial charge is 0.338 e. The van der Waals surface area contributed by atoms with Crippen LogP contribution in [0, 0.1) is 0 Å². The lowest BCUT2D eigenvalue weighted by Gasteiger charge is -2.18. The molecule has 1 aliphatic rings. The molecular formula is C11H17N3OS. The summed E-state index contributed by atoms with van der Waals surface area (Å²) in [7, 11) is 1.99. The van der Waals surface area contributed by atoms with Gasteiger partial charge < -0.3 is 4.90 Å². The number of nitrogens with zero attached hydrogens (tertiary/aromatic N) is 3. The molecule has 0 saturated carbocycles. The Morgan fingerprint density at radius 1 is 1.50 bits per heavy atom. The van der Waals surface area contributed by atoms with Crippen molar-refractivity contribution in [2.45, 2.75) is 31.3 Å². The van der Waals surface area contributed by atoms with Crippen molar-refractivity contribution in [2.24, 2.45) is 7.05 Å². The van der Waals surface area contributed by atoms with Gasteiger partial charge in [0.2, 0.25) is 5.91 Å². The Bertz CT molecular complexity index is 414. The molecule has 5 heteroatoms. The Labute approximate surface area is 100.0 Å². The molecule has 2 heterocycles. The smallest absolute Gasteiger partial charge is 0.219 e. The first-order valence-electron chi connectivity index (χ1n) is 5.47. The summed E-state index contributed by atoms with van der Waals surface area (Å²) in [5, 5.41) is 5.55. The molecule has 4 nitrogen and oxygen atoms in total. The van der Waals surface area contributed by atoms with Crippen molar-refractivity contribution in [2.75, 3.05) is 12.8 Å². The summed E-state index contributed by atoms with van der Waals surface area (Å²) in [5.74, 6) is 0.156. The molecule has 0 N–H and O–H groups in total. The second-order valence-electron chi connectivity index (χ2n) is 4.10. The molecule has 1 aromatic rings. The third-order valence-electron chi connectivity index (χ3n) is 3.07. The Kier molecular flexibility index (Phi) is 3.23. The summed E-state index contributed by atoms with van der Waals surface area (Å²) < 4.78 is 1.96. The molecule has 2 rings (SSSR count). The van der Waals surface area contributed by atoms with Crippen LogP contribution in [0.3, 0.4) is 0 Å². The Hall–Kier alpha value is -0.970. The zero-order chi connectivity index (χ0) is 11.7. The van der Waals surface area contributed by atoms with Gasteiger partial charge >= 0.3 is 0 Å². The van der Waals surface area contributed by atoms with E-state index in [1.54, 1.807) is 18.7 Å². The zero-order valence-electron chi connectivity index (χ0n) is 9.99. The van der Waals surface area contributed by atoms with E-state index in [4.69, 9.17) is 0 Å². The van der Waals surface area contributed by atoms with E-state index in [-0.39, 0.29) is 5.91 Å². The van der Waals surface area contributed by atoms with E-state index in [9.17, 15) is 4.79 Å². The summed E-state index contributed by atoms with van der Waals surface area (Å²) >= 11 is 1.66. The van der Waals surface area contributed by atoms with E-state index in [1.165, 1.54) is 11.3 Å². The van der Waals surface area contributed by atoms with Crippen molar-refractivity contribution in [1.82, 2.24) is 14.7 Å². The van der Waals surface area contributed by atoms with Crippen LogP contribution in [-0.4, -0.2) is 33.4 Å². The maximum absolute atomic E-state index is 11.5. The quantitative estimate of drug-likeness (QED) is 0.696. The third kappa shape index (κ3) is 1.96. The molecule has 1 amide bonds. The monoisotopic (exact) mass is 239 g/mol. The second-order valence-corrected chi connectivity index (χ2v) is 4.90. The van der Waals surface area contributed by atoms with Crippen molar-refractivity contribution in [3.05, 3.63) is 11.3 Å². The van der Waals surface area contributed by atoms with Gasteiger partial charge in [0.15, 0.2) is 0 Å². The number of rotatable bonds is 1. The molecule has 0 saturated heterocycles. The number of hydrogen-bond acceptors (Lipinski definition) is 3. The Morgan fingerprint density at radius 2 is 2.25 bits per heavy atom. The van der Waals surface area contributed by atoms with Gasteiger partial charge in [-0.25, -0.2) is 0 Å². The van der Waals surface area contributed by atoms with Crippen LogP contribution in [0.5, 0.6) is 0 Å². The first-order valence-corrected chi connectivity index (χ1v) is 6.70. The van der Waals surface area contributed by atoms with Crippen molar-refractivity contribution in [3.63, 3.8) is 0 Å². The standard InChI is InChI=1S/C11H17N3OS/c1-8(15)14-6-4-5-10-9(7-14)11(16-3)12-13(10)2/h4-7H2,1-3H3. The fraction of sp³-hybridized carbons (Fsp3) is 0.636. The number of amides is 1. The molecule has 1 aliphatic heterocycles. The predicted molar refractivity (Wildman–Crippen MR) is 64.4 cm³/mol. The van der Waals surface area contributed by atoms with Crippen LogP contribution in [0.2, 0.25) is 0 Å². The summed E-state index contributed by atoms with van der Waals surface area (Å²) in [5.41, 5.74) is 2.52. The third-order valence-corrected chi connectivity index (χ3v) is 3.78. The predicted octanol–water partition coefficient (Wildman–Crippen LogP) is 1.44. The van der Waals surface area contributed by atoms with Gasteiger partial charge in [-0.15, -0.1) is 11.8 Å². The van der Waals surface area contributed by atoms with Gasteiger partial charge in [0, 0.05) is 31.8 Å². The Balaban J connectivity index is 2.37. The maximum Gasteiger partial charge on any atom is 0.219 e. The molecule has 0 atom stereocenters. The van der Waals surface area contributed by atoms with Crippen LogP contribution in [0.4, 0.5) is 0 Å². The number of aryl methyl sites for hydroxylation is 1. The first-order chi connectivity index (χ1) is 7.63. The van der Waals surface area contributed by atoms with Gasteiger partial charge in [-0.2, -0.15) is 5.10 Å². The highest BCUT2D eigenvalue weighted by Crippen LogP contribution is 2.27. The number of aromatic nitrogens is 2. The molecule has 0 aliphatic carbocycles. The van der Waals surface area contributed by atoms with Crippen LogP contribution in [-0.2, 0) is 24.8 Å². The number of carbonyl (C=O) groups excluding carboxylic acids is 1. The average Bonchev–Trinajstić information content (AvgIpc) is 2.46. The fourth-order valence-electron chi connectivity index (χ4n) is 2.19. The van der Waals surface area contributed by atoms with E-state index >= 15 is 0 Å². The maximum atomic E-state index is 11.5. The van der Waals surface area contributed by atoms with Gasteiger partial charge in [0.25, 0.3) is 0 Å². The lowest BCUT2D eigenvalue weighted by Crippen LogP contribution is -2.28. The van der Waals surface area contributed by atoms with Crippen LogP contribution < -0.4 is 0 Å². The van der Waals surface area contributed by atoms with E-state index in [2.05, 4.69) is 5.10 Å². The minimum Gasteiger partial charge on any atom is -0.338 e. The second kappa shape index (κ2) is 4.49.